The summed E-state index contributed by atoms with van der Waals surface area (Å²) in [6.07, 6.45) is 6.90. The number of pyridine rings is 1. The monoisotopic (exact) mass is 755 g/mol. The number of halogens is 4. The number of rotatable bonds is 12. The van der Waals surface area contributed by atoms with E-state index in [9.17, 15) is 17.6 Å². The number of fused-ring (bicyclic) bond motifs is 1. The number of piperazine rings is 1. The van der Waals surface area contributed by atoms with E-state index < -0.39 is 41.5 Å². The molecule has 5 rings (SSSR count). The van der Waals surface area contributed by atoms with E-state index in [1.807, 2.05) is 13.1 Å². The van der Waals surface area contributed by atoms with Crippen LogP contribution >= 0.6 is 11.3 Å². The summed E-state index contributed by atoms with van der Waals surface area (Å²) in [4.78, 5) is 14.7. The molecule has 0 aliphatic carbocycles. The van der Waals surface area contributed by atoms with Gasteiger partial charge in [-0.05, 0) is 13.0 Å². The summed E-state index contributed by atoms with van der Waals surface area (Å²) < 4.78 is 66.4. The second kappa shape index (κ2) is 16.5. The van der Waals surface area contributed by atoms with Gasteiger partial charge in [-0.3, -0.25) is 0 Å². The van der Waals surface area contributed by atoms with E-state index in [0.717, 1.165) is 6.07 Å². The quantitative estimate of drug-likeness (QED) is 0.115. The molecule has 0 radical (unpaired) electrons. The Balaban J connectivity index is 0.000000217. The van der Waals surface area contributed by atoms with Crippen LogP contribution in [0.15, 0.2) is 46.5 Å². The number of nitrogens with zero attached hydrogens (tertiary/aromatic N) is 4. The van der Waals surface area contributed by atoms with Crippen molar-refractivity contribution in [3.63, 3.8) is 0 Å². The summed E-state index contributed by atoms with van der Waals surface area (Å²) in [5.74, 6) is -1.39. The fourth-order valence-corrected chi connectivity index (χ4v) is 22.1. The van der Waals surface area contributed by atoms with Crippen molar-refractivity contribution in [1.82, 2.24) is 20.3 Å². The molecule has 6 nitrogen and oxygen atoms in total. The van der Waals surface area contributed by atoms with Gasteiger partial charge in [0.05, 0.1) is 5.56 Å². The molecule has 0 spiro atoms. The number of alkyl halides is 3. The standard InChI is InChI=1S/C16H14F4N4OS.C5H4N.3C4H9.Sn/c1-8-7-21-2-4-24(8)15-23-12-11(16(18,19)20)10(17)6-9(13(12)25-15)14-22-3-5-26-14;1-2-4-6-5-3-1;3*1-3-4-2;/h3,5-6,8,21H,2,4,7H2,1H3;1-4H;3*1,3-4H2,2H3;/t8-;;;;;/m0...../s1. The summed E-state index contributed by atoms with van der Waals surface area (Å²) >= 11 is -1.02. The van der Waals surface area contributed by atoms with Crippen LogP contribution in [0.2, 0.25) is 13.3 Å². The number of hydrogen-bond acceptors (Lipinski definition) is 7. The first kappa shape index (κ1) is 35.6. The first-order chi connectivity index (χ1) is 21.6. The van der Waals surface area contributed by atoms with E-state index in [-0.39, 0.29) is 23.2 Å². The Morgan fingerprint density at radius 2 is 1.71 bits per heavy atom. The van der Waals surface area contributed by atoms with Crippen molar-refractivity contribution in [2.45, 2.75) is 91.7 Å². The predicted octanol–water partition coefficient (Wildman–Crippen LogP) is 9.05. The van der Waals surface area contributed by atoms with Gasteiger partial charge in [-0.25, -0.2) is 9.37 Å². The molecule has 1 aliphatic heterocycles. The van der Waals surface area contributed by atoms with Gasteiger partial charge in [-0.15, -0.1) is 11.3 Å². The van der Waals surface area contributed by atoms with Gasteiger partial charge < -0.3 is 14.6 Å². The topological polar surface area (TPSA) is 67.1 Å². The number of aromatic nitrogens is 3. The average Bonchev–Trinajstić information content (AvgIpc) is 3.72. The van der Waals surface area contributed by atoms with Gasteiger partial charge in [0.15, 0.2) is 5.58 Å². The third kappa shape index (κ3) is 8.77. The molecule has 1 N–H and O–H groups in total. The number of benzene rings is 1. The SMILES string of the molecule is CCC[CH2][Sn]([CH2]CCC)([CH2]CCC)[c]1ccccn1.C[C@H]1CNCCN1c1nc2c(C(F)(F)F)c(F)cc(-c3nccs3)c2o1. The summed E-state index contributed by atoms with van der Waals surface area (Å²) in [5.41, 5.74) is -1.87. The average molecular weight is 755 g/mol. The van der Waals surface area contributed by atoms with Gasteiger partial charge in [0.25, 0.3) is 6.01 Å². The van der Waals surface area contributed by atoms with Gasteiger partial charge in [0.1, 0.15) is 21.9 Å². The van der Waals surface area contributed by atoms with Crippen molar-refractivity contribution >= 4 is 50.5 Å². The van der Waals surface area contributed by atoms with E-state index in [1.54, 1.807) is 14.0 Å². The zero-order valence-electron chi connectivity index (χ0n) is 26.7. The maximum absolute atomic E-state index is 14.3. The number of nitrogens with one attached hydrogen (secondary N) is 1. The zero-order chi connectivity index (χ0) is 32.5. The van der Waals surface area contributed by atoms with Crippen molar-refractivity contribution in [2.24, 2.45) is 0 Å². The fraction of sp³-hybridized carbons (Fsp3) is 0.545. The van der Waals surface area contributed by atoms with E-state index in [2.05, 4.69) is 54.3 Å². The Hall–Kier alpha value is -2.25. The second-order valence-electron chi connectivity index (χ2n) is 11.8. The van der Waals surface area contributed by atoms with Crippen LogP contribution in [0.1, 0.15) is 71.8 Å². The van der Waals surface area contributed by atoms with Gasteiger partial charge in [0, 0.05) is 37.3 Å². The molecule has 0 saturated carbocycles. The molecule has 45 heavy (non-hydrogen) atoms. The molecule has 1 atom stereocenters. The van der Waals surface area contributed by atoms with Crippen LogP contribution in [0.5, 0.6) is 0 Å². The molecule has 12 heteroatoms. The van der Waals surface area contributed by atoms with E-state index in [0.29, 0.717) is 24.6 Å². The smallest absolute Gasteiger partial charge is 0.421 e. The van der Waals surface area contributed by atoms with Crippen LogP contribution in [0, 0.1) is 5.82 Å². The van der Waals surface area contributed by atoms with Crippen molar-refractivity contribution in [2.75, 3.05) is 24.5 Å². The minimum atomic E-state index is -4.88. The van der Waals surface area contributed by atoms with E-state index >= 15 is 0 Å². The molecule has 4 heterocycles. The van der Waals surface area contributed by atoms with E-state index in [4.69, 9.17) is 9.40 Å². The normalized spacial score (nSPS) is 15.7. The molecule has 1 fully saturated rings. The molecule has 0 unspecified atom stereocenters. The minimum Gasteiger partial charge on any atom is -0.423 e. The third-order valence-electron chi connectivity index (χ3n) is 8.54. The molecular formula is C33H45F4N5OSSn. The van der Waals surface area contributed by atoms with Crippen molar-refractivity contribution in [1.29, 1.82) is 0 Å². The fourth-order valence-electron chi connectivity index (χ4n) is 6.05. The Bertz CT molecular complexity index is 1440. The molecule has 1 aliphatic rings. The number of anilines is 1. The van der Waals surface area contributed by atoms with Crippen molar-refractivity contribution in [3.05, 3.63) is 53.4 Å². The first-order valence-corrected chi connectivity index (χ1v) is 24.5. The van der Waals surface area contributed by atoms with Crippen LogP contribution in [0.25, 0.3) is 21.7 Å². The van der Waals surface area contributed by atoms with Crippen molar-refractivity contribution in [3.8, 4) is 10.6 Å². The largest absolute Gasteiger partial charge is 0.423 e. The van der Waals surface area contributed by atoms with Gasteiger partial charge >= 0.3 is 130 Å². The number of oxazole rings is 1. The van der Waals surface area contributed by atoms with Crippen LogP contribution in [-0.2, 0) is 6.18 Å². The van der Waals surface area contributed by atoms with Crippen molar-refractivity contribution < 1.29 is 22.0 Å². The number of hydrogen-bond donors (Lipinski definition) is 1. The van der Waals surface area contributed by atoms with Gasteiger partial charge in [0.2, 0.25) is 0 Å². The number of thiazole rings is 1. The van der Waals surface area contributed by atoms with Crippen LogP contribution in [-0.4, -0.2) is 59.0 Å². The Morgan fingerprint density at radius 3 is 2.24 bits per heavy atom. The van der Waals surface area contributed by atoms with E-state index in [1.165, 1.54) is 69.4 Å². The third-order valence-corrected chi connectivity index (χ3v) is 24.5. The molecule has 246 valence electrons. The summed E-state index contributed by atoms with van der Waals surface area (Å²) in [6.45, 7) is 10.7. The maximum atomic E-state index is 14.3. The Kier molecular flexibility index (Phi) is 13.1. The molecule has 4 aromatic rings. The molecule has 0 amide bonds. The molecule has 3 aromatic heterocycles. The second-order valence-corrected chi connectivity index (χ2v) is 25.8. The molecular weight excluding hydrogens is 709 g/mol. The molecule has 1 aromatic carbocycles. The minimum absolute atomic E-state index is 0.0145. The zero-order valence-corrected chi connectivity index (χ0v) is 30.4. The summed E-state index contributed by atoms with van der Waals surface area (Å²) in [7, 11) is 0. The van der Waals surface area contributed by atoms with Crippen LogP contribution < -0.4 is 13.9 Å². The van der Waals surface area contributed by atoms with Crippen LogP contribution in [0.4, 0.5) is 23.6 Å². The van der Waals surface area contributed by atoms with Crippen LogP contribution in [0.3, 0.4) is 0 Å². The molecule has 1 saturated heterocycles. The maximum Gasteiger partial charge on any atom is 0.421 e. The van der Waals surface area contributed by atoms with Gasteiger partial charge in [-0.1, -0.05) is 0 Å². The summed E-state index contributed by atoms with van der Waals surface area (Å²) in [5, 5.41) is 5.22. The molecule has 0 bridgehead atoms. The van der Waals surface area contributed by atoms with Gasteiger partial charge in [-0.2, -0.15) is 18.2 Å². The summed E-state index contributed by atoms with van der Waals surface area (Å²) in [6, 6.07) is 7.48. The Morgan fingerprint density at radius 1 is 1.02 bits per heavy atom. The Labute approximate surface area is 271 Å². The number of unbranched alkanes of at least 4 members (excludes halogenated alkanes) is 3. The first-order valence-electron chi connectivity index (χ1n) is 16.1. The predicted molar refractivity (Wildman–Crippen MR) is 179 cm³/mol.